The van der Waals surface area contributed by atoms with Gasteiger partial charge in [-0.3, -0.25) is 4.79 Å². The van der Waals surface area contributed by atoms with Gasteiger partial charge in [-0.15, -0.1) is 0 Å². The van der Waals surface area contributed by atoms with E-state index in [1.54, 1.807) is 6.20 Å². The minimum absolute atomic E-state index is 0.0489. The first-order valence-corrected chi connectivity index (χ1v) is 9.30. The van der Waals surface area contributed by atoms with E-state index < -0.39 is 0 Å². The number of imidazole rings is 1. The van der Waals surface area contributed by atoms with Crippen LogP contribution in [-0.4, -0.2) is 28.6 Å². The third-order valence-electron chi connectivity index (χ3n) is 4.23. The van der Waals surface area contributed by atoms with Gasteiger partial charge in [0.05, 0.1) is 6.61 Å². The fraction of sp³-hybridized carbons (Fsp3) is 0.273. The molecule has 1 aromatic heterocycles. The van der Waals surface area contributed by atoms with Gasteiger partial charge in [0, 0.05) is 38.3 Å². The summed E-state index contributed by atoms with van der Waals surface area (Å²) in [5.41, 5.74) is 1.24. The van der Waals surface area contributed by atoms with Crippen LogP contribution in [0.2, 0.25) is 0 Å². The van der Waals surface area contributed by atoms with Gasteiger partial charge in [0.2, 0.25) is 5.91 Å². The maximum Gasteiger partial charge on any atom is 0.220 e. The molecule has 3 aromatic rings. The van der Waals surface area contributed by atoms with Crippen LogP contribution in [0.25, 0.3) is 0 Å². The summed E-state index contributed by atoms with van der Waals surface area (Å²) in [6.45, 7) is 1.92. The number of ether oxygens (including phenoxy) is 1. The highest BCUT2D eigenvalue weighted by atomic mass is 16.5. The van der Waals surface area contributed by atoms with Crippen LogP contribution >= 0.6 is 0 Å². The number of hydrogen-bond acceptors (Lipinski definition) is 3. The Hall–Kier alpha value is -3.08. The fourth-order valence-electron chi connectivity index (χ4n) is 2.83. The molecule has 2 aromatic carbocycles. The lowest BCUT2D eigenvalue weighted by Gasteiger charge is -2.09. The number of amides is 1. The number of hydrogen-bond donors (Lipinski definition) is 1. The van der Waals surface area contributed by atoms with Crippen molar-refractivity contribution < 1.29 is 9.53 Å². The molecule has 27 heavy (non-hydrogen) atoms. The van der Waals surface area contributed by atoms with Gasteiger partial charge < -0.3 is 14.6 Å². The molecule has 0 atom stereocenters. The SMILES string of the molecule is O=C(CCCOc1ccccc1)NCCc1nccn1Cc1ccccc1. The lowest BCUT2D eigenvalue weighted by atomic mass is 10.2. The zero-order valence-corrected chi connectivity index (χ0v) is 15.4. The predicted octanol–water partition coefficient (Wildman–Crippen LogP) is 3.45. The number of aromatic nitrogens is 2. The summed E-state index contributed by atoms with van der Waals surface area (Å²) in [7, 11) is 0. The lowest BCUT2D eigenvalue weighted by Crippen LogP contribution is -2.26. The molecule has 0 fully saturated rings. The number of rotatable bonds is 10. The molecule has 1 amide bonds. The topological polar surface area (TPSA) is 56.1 Å². The zero-order chi connectivity index (χ0) is 18.7. The van der Waals surface area contributed by atoms with E-state index in [9.17, 15) is 4.79 Å². The van der Waals surface area contributed by atoms with Crippen molar-refractivity contribution in [3.63, 3.8) is 0 Å². The highest BCUT2D eigenvalue weighted by Crippen LogP contribution is 2.09. The standard InChI is InChI=1S/C22H25N3O2/c26-22(12-7-17-27-20-10-5-2-6-11-20)24-14-13-21-23-15-16-25(21)18-19-8-3-1-4-9-19/h1-6,8-11,15-16H,7,12-14,17-18H2,(H,24,26). The summed E-state index contributed by atoms with van der Waals surface area (Å²) in [5.74, 6) is 1.86. The number of benzene rings is 2. The largest absolute Gasteiger partial charge is 0.494 e. The Labute approximate surface area is 160 Å². The molecule has 3 rings (SSSR count). The van der Waals surface area contributed by atoms with E-state index in [0.717, 1.165) is 18.1 Å². The number of carbonyl (C=O) groups is 1. The van der Waals surface area contributed by atoms with E-state index in [-0.39, 0.29) is 5.91 Å². The molecule has 0 saturated carbocycles. The minimum Gasteiger partial charge on any atom is -0.494 e. The summed E-state index contributed by atoms with van der Waals surface area (Å²) in [6.07, 6.45) is 5.66. The zero-order valence-electron chi connectivity index (χ0n) is 15.4. The smallest absolute Gasteiger partial charge is 0.220 e. The minimum atomic E-state index is 0.0489. The van der Waals surface area contributed by atoms with Gasteiger partial charge in [-0.05, 0) is 24.1 Å². The maximum absolute atomic E-state index is 12.0. The molecule has 0 radical (unpaired) electrons. The number of carbonyl (C=O) groups excluding carboxylic acids is 1. The van der Waals surface area contributed by atoms with Gasteiger partial charge >= 0.3 is 0 Å². The molecule has 0 aliphatic heterocycles. The van der Waals surface area contributed by atoms with E-state index in [2.05, 4.69) is 27.0 Å². The van der Waals surface area contributed by atoms with Crippen LogP contribution in [0.4, 0.5) is 0 Å². The van der Waals surface area contributed by atoms with Crippen molar-refractivity contribution in [1.29, 1.82) is 0 Å². The third-order valence-corrected chi connectivity index (χ3v) is 4.23. The first kappa shape index (κ1) is 18.7. The molecular formula is C22H25N3O2. The monoisotopic (exact) mass is 363 g/mol. The van der Waals surface area contributed by atoms with Crippen molar-refractivity contribution in [3.8, 4) is 5.75 Å². The summed E-state index contributed by atoms with van der Waals surface area (Å²) in [5, 5.41) is 2.96. The normalized spacial score (nSPS) is 10.5. The van der Waals surface area contributed by atoms with Crippen LogP contribution in [0.3, 0.4) is 0 Å². The van der Waals surface area contributed by atoms with Crippen LogP contribution in [0.1, 0.15) is 24.2 Å². The Balaban J connectivity index is 1.34. The Morgan fingerprint density at radius 3 is 2.56 bits per heavy atom. The molecular weight excluding hydrogens is 338 g/mol. The molecule has 1 N–H and O–H groups in total. The van der Waals surface area contributed by atoms with Crippen molar-refractivity contribution in [1.82, 2.24) is 14.9 Å². The van der Waals surface area contributed by atoms with E-state index in [0.29, 0.717) is 32.4 Å². The van der Waals surface area contributed by atoms with Gasteiger partial charge in [0.1, 0.15) is 11.6 Å². The van der Waals surface area contributed by atoms with Crippen molar-refractivity contribution >= 4 is 5.91 Å². The summed E-state index contributed by atoms with van der Waals surface area (Å²) >= 11 is 0. The van der Waals surface area contributed by atoms with Gasteiger partial charge in [0.25, 0.3) is 0 Å². The average molecular weight is 363 g/mol. The predicted molar refractivity (Wildman–Crippen MR) is 106 cm³/mol. The molecule has 5 heteroatoms. The Morgan fingerprint density at radius 1 is 1.04 bits per heavy atom. The van der Waals surface area contributed by atoms with Crippen LogP contribution in [-0.2, 0) is 17.8 Å². The second-order valence-corrected chi connectivity index (χ2v) is 6.32. The van der Waals surface area contributed by atoms with Gasteiger partial charge in [0.15, 0.2) is 0 Å². The van der Waals surface area contributed by atoms with Gasteiger partial charge in [-0.2, -0.15) is 0 Å². The summed E-state index contributed by atoms with van der Waals surface area (Å²) < 4.78 is 7.72. The maximum atomic E-state index is 12.0. The van der Waals surface area contributed by atoms with Crippen molar-refractivity contribution in [2.75, 3.05) is 13.2 Å². The van der Waals surface area contributed by atoms with E-state index in [4.69, 9.17) is 4.74 Å². The second kappa shape index (κ2) is 10.2. The van der Waals surface area contributed by atoms with Crippen LogP contribution in [0.15, 0.2) is 73.1 Å². The molecule has 0 unspecified atom stereocenters. The quantitative estimate of drug-likeness (QED) is 0.561. The van der Waals surface area contributed by atoms with E-state index in [1.807, 2.05) is 54.7 Å². The molecule has 1 heterocycles. The third kappa shape index (κ3) is 6.29. The van der Waals surface area contributed by atoms with Gasteiger partial charge in [-0.1, -0.05) is 48.5 Å². The number of nitrogens with zero attached hydrogens (tertiary/aromatic N) is 2. The second-order valence-electron chi connectivity index (χ2n) is 6.32. The van der Waals surface area contributed by atoms with Gasteiger partial charge in [-0.25, -0.2) is 4.98 Å². The average Bonchev–Trinajstić information content (AvgIpc) is 3.14. The number of para-hydroxylation sites is 1. The Bertz CT molecular complexity index is 816. The highest BCUT2D eigenvalue weighted by molar-refractivity contribution is 5.75. The van der Waals surface area contributed by atoms with Crippen molar-refractivity contribution in [2.24, 2.45) is 0 Å². The molecule has 0 spiro atoms. The Kier molecular flexibility index (Phi) is 7.04. The van der Waals surface area contributed by atoms with E-state index in [1.165, 1.54) is 5.56 Å². The lowest BCUT2D eigenvalue weighted by molar-refractivity contribution is -0.121. The highest BCUT2D eigenvalue weighted by Gasteiger charge is 2.06. The molecule has 0 aliphatic rings. The number of nitrogens with one attached hydrogen (secondary N) is 1. The van der Waals surface area contributed by atoms with Crippen LogP contribution < -0.4 is 10.1 Å². The van der Waals surface area contributed by atoms with Crippen molar-refractivity contribution in [2.45, 2.75) is 25.8 Å². The first-order valence-electron chi connectivity index (χ1n) is 9.30. The molecule has 5 nitrogen and oxygen atoms in total. The summed E-state index contributed by atoms with van der Waals surface area (Å²) in [4.78, 5) is 16.4. The molecule has 0 aliphatic carbocycles. The summed E-state index contributed by atoms with van der Waals surface area (Å²) in [6, 6.07) is 19.9. The van der Waals surface area contributed by atoms with E-state index >= 15 is 0 Å². The van der Waals surface area contributed by atoms with Crippen LogP contribution in [0, 0.1) is 0 Å². The van der Waals surface area contributed by atoms with Crippen LogP contribution in [0.5, 0.6) is 5.75 Å². The first-order chi connectivity index (χ1) is 13.3. The molecule has 140 valence electrons. The Morgan fingerprint density at radius 2 is 1.78 bits per heavy atom. The van der Waals surface area contributed by atoms with Crippen molar-refractivity contribution in [3.05, 3.63) is 84.4 Å². The fourth-order valence-corrected chi connectivity index (χ4v) is 2.83. The molecule has 0 bridgehead atoms. The molecule has 0 saturated heterocycles.